The first-order chi connectivity index (χ1) is 9.24. The third kappa shape index (κ3) is 3.30. The number of amides is 1. The molecule has 20 heavy (non-hydrogen) atoms. The fraction of sp³-hybridized carbons (Fsp3) is 0.533. The summed E-state index contributed by atoms with van der Waals surface area (Å²) in [5, 5.41) is 3.41. The molecule has 2 saturated heterocycles. The number of likely N-dealkylation sites (tertiary alicyclic amines) is 1. The quantitative estimate of drug-likeness (QED) is 0.868. The number of nitrogens with zero attached hydrogens (tertiary/aromatic N) is 1. The van der Waals surface area contributed by atoms with E-state index < -0.39 is 0 Å². The summed E-state index contributed by atoms with van der Waals surface area (Å²) in [7, 11) is 0. The monoisotopic (exact) mass is 312 g/mol. The number of fused-ring (bicyclic) bond motifs is 1. The van der Waals surface area contributed by atoms with Gasteiger partial charge in [0.1, 0.15) is 0 Å². The van der Waals surface area contributed by atoms with Gasteiger partial charge in [-0.25, -0.2) is 0 Å². The van der Waals surface area contributed by atoms with Crippen LogP contribution in [-0.2, 0) is 4.79 Å². The van der Waals surface area contributed by atoms with E-state index in [4.69, 9.17) is 0 Å². The summed E-state index contributed by atoms with van der Waals surface area (Å²) in [5.41, 5.74) is 1.25. The minimum Gasteiger partial charge on any atom is -0.341 e. The van der Waals surface area contributed by atoms with Crippen LogP contribution < -0.4 is 5.32 Å². The van der Waals surface area contributed by atoms with Crippen LogP contribution >= 0.6 is 24.2 Å². The smallest absolute Gasteiger partial charge is 0.232 e. The van der Waals surface area contributed by atoms with Crippen LogP contribution in [0.15, 0.2) is 29.2 Å². The van der Waals surface area contributed by atoms with Crippen LogP contribution in [0.5, 0.6) is 0 Å². The van der Waals surface area contributed by atoms with Gasteiger partial charge in [0.05, 0.1) is 5.75 Å². The van der Waals surface area contributed by atoms with E-state index in [1.807, 2.05) is 12.1 Å². The fourth-order valence-corrected chi connectivity index (χ4v) is 3.94. The van der Waals surface area contributed by atoms with Crippen molar-refractivity contribution in [1.29, 1.82) is 0 Å². The molecule has 0 spiro atoms. The Morgan fingerprint density at radius 2 is 1.95 bits per heavy atom. The molecular weight excluding hydrogens is 292 g/mol. The van der Waals surface area contributed by atoms with Crippen molar-refractivity contribution in [3.05, 3.63) is 29.8 Å². The number of benzene rings is 1. The number of hydrogen-bond donors (Lipinski definition) is 1. The predicted molar refractivity (Wildman–Crippen MR) is 85.6 cm³/mol. The minimum atomic E-state index is 0. The number of thioether (sulfide) groups is 1. The Kier molecular flexibility index (Phi) is 5.35. The molecule has 1 aromatic carbocycles. The molecule has 1 N–H and O–H groups in total. The highest BCUT2D eigenvalue weighted by Crippen LogP contribution is 2.28. The van der Waals surface area contributed by atoms with Crippen LogP contribution in [0.2, 0.25) is 0 Å². The molecule has 3 rings (SSSR count). The Labute approximate surface area is 130 Å². The van der Waals surface area contributed by atoms with Crippen molar-refractivity contribution in [2.24, 2.45) is 11.8 Å². The van der Waals surface area contributed by atoms with E-state index in [-0.39, 0.29) is 12.4 Å². The zero-order valence-electron chi connectivity index (χ0n) is 11.7. The third-order valence-corrected chi connectivity index (χ3v) is 5.35. The molecule has 0 aliphatic carbocycles. The van der Waals surface area contributed by atoms with E-state index in [0.717, 1.165) is 26.2 Å². The second-order valence-corrected chi connectivity index (χ2v) is 6.55. The molecule has 2 aliphatic rings. The van der Waals surface area contributed by atoms with Crippen LogP contribution in [0.1, 0.15) is 5.56 Å². The van der Waals surface area contributed by atoms with Gasteiger partial charge in [-0.1, -0.05) is 18.2 Å². The zero-order chi connectivity index (χ0) is 13.2. The molecular formula is C15H21ClN2OS. The van der Waals surface area contributed by atoms with E-state index in [0.29, 0.717) is 23.5 Å². The molecule has 2 heterocycles. The van der Waals surface area contributed by atoms with Gasteiger partial charge in [0.15, 0.2) is 0 Å². The Balaban J connectivity index is 0.00000147. The van der Waals surface area contributed by atoms with Gasteiger partial charge in [-0.3, -0.25) is 4.79 Å². The highest BCUT2D eigenvalue weighted by atomic mass is 35.5. The van der Waals surface area contributed by atoms with Crippen LogP contribution in [0.3, 0.4) is 0 Å². The second-order valence-electron chi connectivity index (χ2n) is 5.53. The van der Waals surface area contributed by atoms with E-state index in [2.05, 4.69) is 29.3 Å². The molecule has 5 heteroatoms. The summed E-state index contributed by atoms with van der Waals surface area (Å²) < 4.78 is 0. The van der Waals surface area contributed by atoms with Crippen molar-refractivity contribution in [3.63, 3.8) is 0 Å². The summed E-state index contributed by atoms with van der Waals surface area (Å²) in [5.74, 6) is 2.24. The Hall–Kier alpha value is -0.710. The standard InChI is InChI=1S/C15H20N2OS.ClH/c1-11-4-2-3-5-14(11)19-10-15(18)17-8-12-6-16-7-13(12)9-17;/h2-5,12-13,16H,6-10H2,1H3;1H/t12-,13+;. The summed E-state index contributed by atoms with van der Waals surface area (Å²) in [4.78, 5) is 15.5. The molecule has 0 radical (unpaired) electrons. The molecule has 0 saturated carbocycles. The predicted octanol–water partition coefficient (Wildman–Crippen LogP) is 2.19. The highest BCUT2D eigenvalue weighted by Gasteiger charge is 2.37. The van der Waals surface area contributed by atoms with Crippen molar-refractivity contribution in [1.82, 2.24) is 10.2 Å². The molecule has 2 fully saturated rings. The molecule has 3 nitrogen and oxygen atoms in total. The Bertz CT molecular complexity index is 471. The molecule has 1 amide bonds. The van der Waals surface area contributed by atoms with E-state index in [9.17, 15) is 4.79 Å². The van der Waals surface area contributed by atoms with Crippen molar-refractivity contribution in [2.45, 2.75) is 11.8 Å². The van der Waals surface area contributed by atoms with Crippen LogP contribution in [-0.4, -0.2) is 42.7 Å². The van der Waals surface area contributed by atoms with Gasteiger partial charge < -0.3 is 10.2 Å². The van der Waals surface area contributed by atoms with E-state index in [1.165, 1.54) is 10.5 Å². The van der Waals surface area contributed by atoms with Gasteiger partial charge in [0.25, 0.3) is 0 Å². The van der Waals surface area contributed by atoms with Gasteiger partial charge in [-0.05, 0) is 30.4 Å². The van der Waals surface area contributed by atoms with Gasteiger partial charge >= 0.3 is 0 Å². The van der Waals surface area contributed by atoms with Crippen molar-refractivity contribution in [3.8, 4) is 0 Å². The van der Waals surface area contributed by atoms with Crippen molar-refractivity contribution in [2.75, 3.05) is 31.9 Å². The first kappa shape index (κ1) is 15.7. The van der Waals surface area contributed by atoms with Crippen LogP contribution in [0.4, 0.5) is 0 Å². The molecule has 1 aromatic rings. The first-order valence-electron chi connectivity index (χ1n) is 6.91. The zero-order valence-corrected chi connectivity index (χ0v) is 13.3. The van der Waals surface area contributed by atoms with Crippen LogP contribution in [0, 0.1) is 18.8 Å². The average Bonchev–Trinajstić information content (AvgIpc) is 2.98. The summed E-state index contributed by atoms with van der Waals surface area (Å²) >= 11 is 1.66. The first-order valence-corrected chi connectivity index (χ1v) is 7.89. The normalized spacial score (nSPS) is 24.4. The largest absolute Gasteiger partial charge is 0.341 e. The number of aryl methyl sites for hydroxylation is 1. The van der Waals surface area contributed by atoms with Crippen molar-refractivity contribution < 1.29 is 4.79 Å². The molecule has 110 valence electrons. The average molecular weight is 313 g/mol. The lowest BCUT2D eigenvalue weighted by Crippen LogP contribution is -2.33. The number of rotatable bonds is 3. The minimum absolute atomic E-state index is 0. The van der Waals surface area contributed by atoms with Gasteiger partial charge in [0.2, 0.25) is 5.91 Å². The topological polar surface area (TPSA) is 32.3 Å². The number of carbonyl (C=O) groups is 1. The van der Waals surface area contributed by atoms with Gasteiger partial charge in [-0.2, -0.15) is 0 Å². The lowest BCUT2D eigenvalue weighted by Gasteiger charge is -2.17. The molecule has 2 aliphatic heterocycles. The molecule has 2 atom stereocenters. The van der Waals surface area contributed by atoms with Crippen LogP contribution in [0.25, 0.3) is 0 Å². The molecule has 0 unspecified atom stereocenters. The summed E-state index contributed by atoms with van der Waals surface area (Å²) in [6, 6.07) is 8.26. The number of carbonyl (C=O) groups excluding carboxylic acids is 1. The summed E-state index contributed by atoms with van der Waals surface area (Å²) in [6.07, 6.45) is 0. The SMILES string of the molecule is Cc1ccccc1SCC(=O)N1C[C@H]2CNC[C@H]2C1.Cl. The van der Waals surface area contributed by atoms with Gasteiger partial charge in [-0.15, -0.1) is 24.2 Å². The number of halogens is 1. The third-order valence-electron chi connectivity index (χ3n) is 4.19. The van der Waals surface area contributed by atoms with Gasteiger partial charge in [0, 0.05) is 31.1 Å². The lowest BCUT2D eigenvalue weighted by molar-refractivity contribution is -0.127. The molecule has 0 bridgehead atoms. The molecule has 0 aromatic heterocycles. The highest BCUT2D eigenvalue weighted by molar-refractivity contribution is 8.00. The maximum absolute atomic E-state index is 12.2. The van der Waals surface area contributed by atoms with Crippen molar-refractivity contribution >= 4 is 30.1 Å². The fourth-order valence-electron chi connectivity index (χ4n) is 3.01. The number of nitrogens with one attached hydrogen (secondary N) is 1. The maximum Gasteiger partial charge on any atom is 0.232 e. The van der Waals surface area contributed by atoms with E-state index in [1.54, 1.807) is 11.8 Å². The lowest BCUT2D eigenvalue weighted by atomic mass is 10.0. The number of hydrogen-bond acceptors (Lipinski definition) is 3. The Morgan fingerprint density at radius 1 is 1.30 bits per heavy atom. The maximum atomic E-state index is 12.2. The Morgan fingerprint density at radius 3 is 2.60 bits per heavy atom. The van der Waals surface area contributed by atoms with E-state index >= 15 is 0 Å². The second kappa shape index (κ2) is 6.83. The summed E-state index contributed by atoms with van der Waals surface area (Å²) in [6.45, 7) is 6.16.